The van der Waals surface area contributed by atoms with Crippen LogP contribution in [-0.2, 0) is 23.1 Å². The zero-order chi connectivity index (χ0) is 24.9. The Hall–Kier alpha value is -2.92. The standard InChI is InChI=1S/C25H32N6O2S2/c26-35(32,33)24-13-11-21(12-14-24)30-25(34)29-17-5-1-2-8-18-31(19-22-9-3-6-15-27-22)20-23-10-4-7-16-28-23/h3-4,6-7,9-16H,1-2,5,8,17-20H2,(H2,26,32,33)(H2,29,30,34). The number of unbranched alkanes of at least 4 members (excludes halogenated alkanes) is 3. The van der Waals surface area contributed by atoms with E-state index in [4.69, 9.17) is 17.4 Å². The highest BCUT2D eigenvalue weighted by atomic mass is 32.2. The van der Waals surface area contributed by atoms with Crippen LogP contribution < -0.4 is 15.8 Å². The van der Waals surface area contributed by atoms with Crippen LogP contribution in [0.1, 0.15) is 37.1 Å². The van der Waals surface area contributed by atoms with Crippen molar-refractivity contribution in [3.63, 3.8) is 0 Å². The summed E-state index contributed by atoms with van der Waals surface area (Å²) >= 11 is 5.32. The first kappa shape index (κ1) is 26.7. The number of rotatable bonds is 13. The minimum absolute atomic E-state index is 0.0700. The largest absolute Gasteiger partial charge is 0.362 e. The lowest BCUT2D eigenvalue weighted by Crippen LogP contribution is -2.29. The minimum Gasteiger partial charge on any atom is -0.362 e. The van der Waals surface area contributed by atoms with Gasteiger partial charge in [-0.05, 0) is 80.1 Å². The molecule has 4 N–H and O–H groups in total. The Morgan fingerprint density at radius 1 is 0.857 bits per heavy atom. The van der Waals surface area contributed by atoms with Gasteiger partial charge in [-0.15, -0.1) is 0 Å². The van der Waals surface area contributed by atoms with Crippen molar-refractivity contribution < 1.29 is 8.42 Å². The summed E-state index contributed by atoms with van der Waals surface area (Å²) in [5, 5.41) is 11.9. The van der Waals surface area contributed by atoms with E-state index in [1.807, 2.05) is 36.7 Å². The molecule has 0 bridgehead atoms. The summed E-state index contributed by atoms with van der Waals surface area (Å²) in [7, 11) is -3.70. The van der Waals surface area contributed by atoms with Gasteiger partial charge < -0.3 is 10.6 Å². The lowest BCUT2D eigenvalue weighted by atomic mass is 10.1. The number of aromatic nitrogens is 2. The molecule has 0 saturated carbocycles. The predicted molar refractivity (Wildman–Crippen MR) is 143 cm³/mol. The molecule has 0 radical (unpaired) electrons. The molecule has 0 fully saturated rings. The molecule has 0 aliphatic heterocycles. The van der Waals surface area contributed by atoms with Gasteiger partial charge in [-0.1, -0.05) is 25.0 Å². The number of nitrogens with zero attached hydrogens (tertiary/aromatic N) is 3. The van der Waals surface area contributed by atoms with Crippen molar-refractivity contribution in [1.29, 1.82) is 0 Å². The maximum absolute atomic E-state index is 11.3. The quantitative estimate of drug-likeness (QED) is 0.235. The third-order valence-electron chi connectivity index (χ3n) is 5.35. The number of thiocarbonyl (C=S) groups is 1. The van der Waals surface area contributed by atoms with Crippen molar-refractivity contribution in [2.24, 2.45) is 5.14 Å². The number of benzene rings is 1. The third-order valence-corrected chi connectivity index (χ3v) is 6.53. The Morgan fingerprint density at radius 2 is 1.46 bits per heavy atom. The average molecular weight is 513 g/mol. The van der Waals surface area contributed by atoms with E-state index >= 15 is 0 Å². The number of primary sulfonamides is 1. The molecule has 2 aromatic heterocycles. The van der Waals surface area contributed by atoms with Crippen LogP contribution in [0.25, 0.3) is 0 Å². The van der Waals surface area contributed by atoms with Gasteiger partial charge in [0.1, 0.15) is 0 Å². The second kappa shape index (κ2) is 13.8. The fourth-order valence-corrected chi connectivity index (χ4v) is 4.31. The number of hydrogen-bond donors (Lipinski definition) is 3. The van der Waals surface area contributed by atoms with Crippen molar-refractivity contribution in [2.75, 3.05) is 18.4 Å². The first-order valence-corrected chi connectivity index (χ1v) is 13.6. The second-order valence-electron chi connectivity index (χ2n) is 8.22. The Labute approximate surface area is 213 Å². The highest BCUT2D eigenvalue weighted by Gasteiger charge is 2.09. The molecule has 0 aliphatic carbocycles. The molecule has 0 amide bonds. The van der Waals surface area contributed by atoms with E-state index in [9.17, 15) is 8.42 Å². The van der Waals surface area contributed by atoms with Gasteiger partial charge in [0.05, 0.1) is 16.3 Å². The molecule has 0 saturated heterocycles. The number of nitrogens with two attached hydrogens (primary N) is 1. The molecule has 1 aromatic carbocycles. The summed E-state index contributed by atoms with van der Waals surface area (Å²) in [5.41, 5.74) is 2.83. The van der Waals surface area contributed by atoms with Crippen molar-refractivity contribution >= 4 is 33.0 Å². The van der Waals surface area contributed by atoms with Gasteiger partial charge in [-0.3, -0.25) is 14.9 Å². The van der Waals surface area contributed by atoms with Crippen LogP contribution in [-0.4, -0.2) is 41.5 Å². The molecule has 2 heterocycles. The Kier molecular flexibility index (Phi) is 10.5. The van der Waals surface area contributed by atoms with E-state index < -0.39 is 10.0 Å². The summed E-state index contributed by atoms with van der Waals surface area (Å²) < 4.78 is 22.7. The Morgan fingerprint density at radius 3 is 2.00 bits per heavy atom. The molecule has 8 nitrogen and oxygen atoms in total. The van der Waals surface area contributed by atoms with Crippen LogP contribution >= 0.6 is 12.2 Å². The molecule has 186 valence electrons. The molecular formula is C25H32N6O2S2. The van der Waals surface area contributed by atoms with Crippen LogP contribution in [0.2, 0.25) is 0 Å². The molecule has 3 rings (SSSR count). The molecule has 0 unspecified atom stereocenters. The van der Waals surface area contributed by atoms with E-state index in [-0.39, 0.29) is 4.90 Å². The normalized spacial score (nSPS) is 11.4. The predicted octanol–water partition coefficient (Wildman–Crippen LogP) is 3.67. The first-order chi connectivity index (χ1) is 16.9. The van der Waals surface area contributed by atoms with Crippen molar-refractivity contribution in [2.45, 2.75) is 43.7 Å². The monoisotopic (exact) mass is 512 g/mol. The summed E-state index contributed by atoms with van der Waals surface area (Å²) in [5.74, 6) is 0. The average Bonchev–Trinajstić information content (AvgIpc) is 2.84. The molecular weight excluding hydrogens is 480 g/mol. The van der Waals surface area contributed by atoms with Crippen LogP contribution in [0.3, 0.4) is 0 Å². The Balaban J connectivity index is 1.34. The molecule has 0 aliphatic rings. The maximum Gasteiger partial charge on any atom is 0.238 e. The smallest absolute Gasteiger partial charge is 0.238 e. The summed E-state index contributed by atoms with van der Waals surface area (Å²) in [6.07, 6.45) is 7.99. The highest BCUT2D eigenvalue weighted by Crippen LogP contribution is 2.13. The van der Waals surface area contributed by atoms with E-state index in [1.54, 1.807) is 12.1 Å². The minimum atomic E-state index is -3.70. The van der Waals surface area contributed by atoms with Gasteiger partial charge in [-0.25, -0.2) is 13.6 Å². The van der Waals surface area contributed by atoms with E-state index in [1.165, 1.54) is 12.1 Å². The van der Waals surface area contributed by atoms with Crippen LogP contribution in [0, 0.1) is 0 Å². The lowest BCUT2D eigenvalue weighted by molar-refractivity contribution is 0.244. The SMILES string of the molecule is NS(=O)(=O)c1ccc(NC(=S)NCCCCCCN(Cc2ccccn2)Cc2ccccn2)cc1. The van der Waals surface area contributed by atoms with Gasteiger partial charge >= 0.3 is 0 Å². The topological polar surface area (TPSA) is 113 Å². The second-order valence-corrected chi connectivity index (χ2v) is 10.2. The van der Waals surface area contributed by atoms with Crippen LogP contribution in [0.5, 0.6) is 0 Å². The molecule has 3 aromatic rings. The fourth-order valence-electron chi connectivity index (χ4n) is 3.57. The van der Waals surface area contributed by atoms with E-state index in [2.05, 4.69) is 37.6 Å². The van der Waals surface area contributed by atoms with Crippen molar-refractivity contribution in [3.8, 4) is 0 Å². The lowest BCUT2D eigenvalue weighted by Gasteiger charge is -2.21. The van der Waals surface area contributed by atoms with Gasteiger partial charge in [0.25, 0.3) is 0 Å². The number of hydrogen-bond acceptors (Lipinski definition) is 6. The zero-order valence-electron chi connectivity index (χ0n) is 19.6. The fraction of sp³-hybridized carbons (Fsp3) is 0.320. The first-order valence-electron chi connectivity index (χ1n) is 11.6. The number of pyridine rings is 2. The summed E-state index contributed by atoms with van der Waals surface area (Å²) in [6, 6.07) is 18.2. The summed E-state index contributed by atoms with van der Waals surface area (Å²) in [6.45, 7) is 3.36. The number of anilines is 1. The van der Waals surface area contributed by atoms with Crippen LogP contribution in [0.15, 0.2) is 78.0 Å². The molecule has 10 heteroatoms. The molecule has 35 heavy (non-hydrogen) atoms. The maximum atomic E-state index is 11.3. The molecule has 0 atom stereocenters. The van der Waals surface area contributed by atoms with E-state index in [0.717, 1.165) is 63.3 Å². The van der Waals surface area contributed by atoms with Gasteiger partial charge in [0.15, 0.2) is 5.11 Å². The third kappa shape index (κ3) is 10.1. The van der Waals surface area contributed by atoms with Gasteiger partial charge in [0, 0.05) is 37.7 Å². The van der Waals surface area contributed by atoms with Crippen molar-refractivity contribution in [3.05, 3.63) is 84.4 Å². The van der Waals surface area contributed by atoms with E-state index in [0.29, 0.717) is 10.8 Å². The van der Waals surface area contributed by atoms with Gasteiger partial charge in [-0.2, -0.15) is 0 Å². The number of nitrogens with one attached hydrogen (secondary N) is 2. The zero-order valence-corrected chi connectivity index (χ0v) is 21.3. The Bertz CT molecular complexity index is 1100. The van der Waals surface area contributed by atoms with Gasteiger partial charge in [0.2, 0.25) is 10.0 Å². The number of sulfonamides is 1. The van der Waals surface area contributed by atoms with Crippen LogP contribution in [0.4, 0.5) is 5.69 Å². The summed E-state index contributed by atoms with van der Waals surface area (Å²) in [4.78, 5) is 11.4. The van der Waals surface area contributed by atoms with Crippen molar-refractivity contribution in [1.82, 2.24) is 20.2 Å². The highest BCUT2D eigenvalue weighted by molar-refractivity contribution is 7.89. The molecule has 0 spiro atoms.